The molecule has 1 aliphatic rings. The number of piperidine rings is 1. The molecular formula is C16H21NO2. The molecule has 1 amide bonds. The van der Waals surface area contributed by atoms with Gasteiger partial charge in [0.1, 0.15) is 0 Å². The van der Waals surface area contributed by atoms with E-state index in [9.17, 15) is 4.79 Å². The van der Waals surface area contributed by atoms with Crippen LogP contribution >= 0.6 is 0 Å². The normalized spacial score (nSPS) is 15.3. The number of amides is 1. The molecule has 1 aromatic carbocycles. The second-order valence-electron chi connectivity index (χ2n) is 4.78. The Bertz CT molecular complexity index is 455. The largest absolute Gasteiger partial charge is 0.450 e. The Balaban J connectivity index is 2.01. The standard InChI is InChI=1S/C16H21NO2/c1-3-19-16(18)17-11-9-15(10-12-17)13(2)14-7-5-4-6-8-14/h4-8H,3,9-12H2,1-2H3. The van der Waals surface area contributed by atoms with Gasteiger partial charge >= 0.3 is 6.09 Å². The van der Waals surface area contributed by atoms with Crippen LogP contribution < -0.4 is 0 Å². The summed E-state index contributed by atoms with van der Waals surface area (Å²) >= 11 is 0. The van der Waals surface area contributed by atoms with Crippen molar-refractivity contribution in [3.63, 3.8) is 0 Å². The fourth-order valence-corrected chi connectivity index (χ4v) is 2.44. The first-order valence-corrected chi connectivity index (χ1v) is 6.88. The highest BCUT2D eigenvalue weighted by Crippen LogP contribution is 2.26. The van der Waals surface area contributed by atoms with Gasteiger partial charge in [-0.25, -0.2) is 4.79 Å². The molecule has 3 nitrogen and oxygen atoms in total. The van der Waals surface area contributed by atoms with E-state index in [2.05, 4.69) is 31.2 Å². The number of rotatable bonds is 2. The molecule has 1 heterocycles. The van der Waals surface area contributed by atoms with Crippen molar-refractivity contribution in [2.24, 2.45) is 0 Å². The van der Waals surface area contributed by atoms with Crippen LogP contribution in [0.1, 0.15) is 32.3 Å². The monoisotopic (exact) mass is 259 g/mol. The number of likely N-dealkylation sites (tertiary alicyclic amines) is 1. The predicted molar refractivity (Wildman–Crippen MR) is 76.9 cm³/mol. The molecule has 0 aromatic heterocycles. The molecule has 1 aliphatic heterocycles. The second kappa shape index (κ2) is 6.41. The summed E-state index contributed by atoms with van der Waals surface area (Å²) in [7, 11) is 0. The third-order valence-corrected chi connectivity index (χ3v) is 3.63. The first-order chi connectivity index (χ1) is 9.22. The van der Waals surface area contributed by atoms with E-state index in [1.54, 1.807) is 4.90 Å². The van der Waals surface area contributed by atoms with Crippen molar-refractivity contribution in [2.75, 3.05) is 19.7 Å². The number of allylic oxidation sites excluding steroid dienone is 1. The minimum Gasteiger partial charge on any atom is -0.450 e. The molecule has 0 saturated carbocycles. The molecule has 19 heavy (non-hydrogen) atoms. The van der Waals surface area contributed by atoms with Crippen molar-refractivity contribution < 1.29 is 9.53 Å². The third kappa shape index (κ3) is 3.37. The zero-order valence-corrected chi connectivity index (χ0v) is 11.7. The summed E-state index contributed by atoms with van der Waals surface area (Å²) in [6, 6.07) is 10.4. The molecule has 0 bridgehead atoms. The van der Waals surface area contributed by atoms with Crippen molar-refractivity contribution in [2.45, 2.75) is 26.7 Å². The van der Waals surface area contributed by atoms with Gasteiger partial charge in [0.15, 0.2) is 0 Å². The van der Waals surface area contributed by atoms with E-state index in [1.807, 2.05) is 13.0 Å². The van der Waals surface area contributed by atoms with Crippen LogP contribution in [0.2, 0.25) is 0 Å². The highest BCUT2D eigenvalue weighted by molar-refractivity contribution is 5.70. The number of hydrogen-bond acceptors (Lipinski definition) is 2. The lowest BCUT2D eigenvalue weighted by Gasteiger charge is -2.28. The fourth-order valence-electron chi connectivity index (χ4n) is 2.44. The van der Waals surface area contributed by atoms with Crippen molar-refractivity contribution in [3.05, 3.63) is 41.5 Å². The zero-order valence-electron chi connectivity index (χ0n) is 11.7. The number of benzene rings is 1. The van der Waals surface area contributed by atoms with Crippen LogP contribution in [-0.4, -0.2) is 30.7 Å². The number of ether oxygens (including phenoxy) is 1. The summed E-state index contributed by atoms with van der Waals surface area (Å²) < 4.78 is 5.03. The van der Waals surface area contributed by atoms with E-state index in [4.69, 9.17) is 4.74 Å². The van der Waals surface area contributed by atoms with Gasteiger partial charge in [-0.15, -0.1) is 0 Å². The zero-order chi connectivity index (χ0) is 13.7. The van der Waals surface area contributed by atoms with Crippen LogP contribution in [-0.2, 0) is 4.74 Å². The average molecular weight is 259 g/mol. The smallest absolute Gasteiger partial charge is 0.409 e. The van der Waals surface area contributed by atoms with Gasteiger partial charge in [-0.2, -0.15) is 0 Å². The lowest BCUT2D eigenvalue weighted by atomic mass is 9.94. The summed E-state index contributed by atoms with van der Waals surface area (Å²) in [5.74, 6) is 0. The van der Waals surface area contributed by atoms with Gasteiger partial charge in [-0.1, -0.05) is 35.9 Å². The van der Waals surface area contributed by atoms with Gasteiger partial charge < -0.3 is 9.64 Å². The summed E-state index contributed by atoms with van der Waals surface area (Å²) in [5, 5.41) is 0. The molecule has 0 unspecified atom stereocenters. The molecule has 0 spiro atoms. The minimum atomic E-state index is -0.182. The summed E-state index contributed by atoms with van der Waals surface area (Å²) in [5.41, 5.74) is 4.08. The predicted octanol–water partition coefficient (Wildman–Crippen LogP) is 3.71. The van der Waals surface area contributed by atoms with Crippen molar-refractivity contribution in [1.29, 1.82) is 0 Å². The first-order valence-electron chi connectivity index (χ1n) is 6.88. The Morgan fingerprint density at radius 1 is 1.21 bits per heavy atom. The van der Waals surface area contributed by atoms with E-state index in [-0.39, 0.29) is 6.09 Å². The minimum absolute atomic E-state index is 0.182. The van der Waals surface area contributed by atoms with Crippen LogP contribution in [0.4, 0.5) is 4.79 Å². The van der Waals surface area contributed by atoms with Crippen LogP contribution in [0.15, 0.2) is 35.9 Å². The lowest BCUT2D eigenvalue weighted by molar-refractivity contribution is 0.104. The summed E-state index contributed by atoms with van der Waals surface area (Å²) in [6.07, 6.45) is 1.71. The molecule has 0 radical (unpaired) electrons. The molecule has 1 saturated heterocycles. The molecule has 0 N–H and O–H groups in total. The maximum absolute atomic E-state index is 11.6. The van der Waals surface area contributed by atoms with Crippen LogP contribution in [0.3, 0.4) is 0 Å². The molecule has 102 valence electrons. The molecule has 1 fully saturated rings. The number of nitrogens with zero attached hydrogens (tertiary/aromatic N) is 1. The van der Waals surface area contributed by atoms with E-state index in [1.165, 1.54) is 16.7 Å². The van der Waals surface area contributed by atoms with Gasteiger partial charge in [0.25, 0.3) is 0 Å². The summed E-state index contributed by atoms with van der Waals surface area (Å²) in [6.45, 7) is 5.98. The third-order valence-electron chi connectivity index (χ3n) is 3.63. The van der Waals surface area contributed by atoms with Crippen molar-refractivity contribution in [3.8, 4) is 0 Å². The quantitative estimate of drug-likeness (QED) is 0.810. The van der Waals surface area contributed by atoms with Crippen LogP contribution in [0.25, 0.3) is 5.57 Å². The van der Waals surface area contributed by atoms with Crippen LogP contribution in [0.5, 0.6) is 0 Å². The summed E-state index contributed by atoms with van der Waals surface area (Å²) in [4.78, 5) is 13.4. The maximum atomic E-state index is 11.6. The second-order valence-corrected chi connectivity index (χ2v) is 4.78. The van der Waals surface area contributed by atoms with Crippen LogP contribution in [0, 0.1) is 0 Å². The van der Waals surface area contributed by atoms with E-state index < -0.39 is 0 Å². The number of carbonyl (C=O) groups excluding carboxylic acids is 1. The van der Waals surface area contributed by atoms with E-state index in [0.717, 1.165) is 25.9 Å². The molecule has 2 rings (SSSR count). The van der Waals surface area contributed by atoms with Gasteiger partial charge in [-0.05, 0) is 37.8 Å². The highest BCUT2D eigenvalue weighted by atomic mass is 16.6. The molecule has 3 heteroatoms. The van der Waals surface area contributed by atoms with E-state index in [0.29, 0.717) is 6.61 Å². The van der Waals surface area contributed by atoms with E-state index >= 15 is 0 Å². The molecule has 0 atom stereocenters. The lowest BCUT2D eigenvalue weighted by Crippen LogP contribution is -2.36. The van der Waals surface area contributed by atoms with Crippen molar-refractivity contribution >= 4 is 11.7 Å². The topological polar surface area (TPSA) is 29.5 Å². The average Bonchev–Trinajstić information content (AvgIpc) is 2.48. The number of hydrogen-bond donors (Lipinski definition) is 0. The maximum Gasteiger partial charge on any atom is 0.409 e. The Kier molecular flexibility index (Phi) is 4.61. The number of carbonyl (C=O) groups is 1. The molecular weight excluding hydrogens is 238 g/mol. The Morgan fingerprint density at radius 3 is 2.42 bits per heavy atom. The van der Waals surface area contributed by atoms with Crippen molar-refractivity contribution in [1.82, 2.24) is 4.90 Å². The van der Waals surface area contributed by atoms with Gasteiger partial charge in [0.2, 0.25) is 0 Å². The van der Waals surface area contributed by atoms with Gasteiger partial charge in [-0.3, -0.25) is 0 Å². The Morgan fingerprint density at radius 2 is 1.84 bits per heavy atom. The Hall–Kier alpha value is -1.77. The molecule has 1 aromatic rings. The Labute approximate surface area is 114 Å². The van der Waals surface area contributed by atoms with Gasteiger partial charge in [0.05, 0.1) is 6.61 Å². The van der Waals surface area contributed by atoms with Gasteiger partial charge in [0, 0.05) is 13.1 Å². The highest BCUT2D eigenvalue weighted by Gasteiger charge is 2.20. The SMILES string of the molecule is CCOC(=O)N1CCC(=C(C)c2ccccc2)CC1. The molecule has 0 aliphatic carbocycles. The first kappa shape index (κ1) is 13.7. The fraction of sp³-hybridized carbons (Fsp3) is 0.438.